The normalized spacial score (nSPS) is 14.8. The Labute approximate surface area is 165 Å². The predicted molar refractivity (Wildman–Crippen MR) is 111 cm³/mol. The second kappa shape index (κ2) is 10.6. The number of hydrazone groups is 1. The monoisotopic (exact) mass is 385 g/mol. The number of thiocarbonyl (C=S) groups is 1. The van der Waals surface area contributed by atoms with E-state index in [1.165, 1.54) is 4.90 Å². The van der Waals surface area contributed by atoms with Gasteiger partial charge in [-0.05, 0) is 42.0 Å². The maximum absolute atomic E-state index is 5.83. The minimum atomic E-state index is 0.524. The third-order valence-corrected chi connectivity index (χ3v) is 4.42. The van der Waals surface area contributed by atoms with Gasteiger partial charge in [0.25, 0.3) is 0 Å². The number of quaternary nitrogens is 1. The summed E-state index contributed by atoms with van der Waals surface area (Å²) in [6.45, 7) is 5.64. The minimum Gasteiger partial charge on any atom is -0.457 e. The lowest BCUT2D eigenvalue weighted by molar-refractivity contribution is -0.906. The Morgan fingerprint density at radius 2 is 1.89 bits per heavy atom. The molecule has 0 aromatic heterocycles. The smallest absolute Gasteiger partial charge is 0.187 e. The standard InChI is InChI=1S/C20H24N4O2S/c27-20(21-9-10-24-11-13-25-14-12-24)23-22-16-17-5-4-8-19(15-17)26-18-6-2-1-3-7-18/h1-8,15-16H,9-14H2,(H2,21,23,27)/p+1/b22-16-. The molecule has 0 bridgehead atoms. The number of benzene rings is 2. The predicted octanol–water partition coefficient (Wildman–Crippen LogP) is 1.19. The lowest BCUT2D eigenvalue weighted by Gasteiger charge is -2.23. The lowest BCUT2D eigenvalue weighted by Crippen LogP contribution is -3.14. The Kier molecular flexibility index (Phi) is 7.58. The fourth-order valence-electron chi connectivity index (χ4n) is 2.75. The fourth-order valence-corrected chi connectivity index (χ4v) is 2.91. The van der Waals surface area contributed by atoms with Crippen LogP contribution in [0.2, 0.25) is 0 Å². The van der Waals surface area contributed by atoms with Crippen LogP contribution < -0.4 is 20.4 Å². The van der Waals surface area contributed by atoms with Gasteiger partial charge in [0.15, 0.2) is 5.11 Å². The molecule has 0 amide bonds. The summed E-state index contributed by atoms with van der Waals surface area (Å²) < 4.78 is 11.2. The Bertz CT molecular complexity index is 749. The van der Waals surface area contributed by atoms with Gasteiger partial charge >= 0.3 is 0 Å². The molecule has 2 aromatic rings. The number of para-hydroxylation sites is 1. The number of nitrogens with zero attached hydrogens (tertiary/aromatic N) is 1. The van der Waals surface area contributed by atoms with Gasteiger partial charge in [0.1, 0.15) is 24.6 Å². The maximum Gasteiger partial charge on any atom is 0.187 e. The summed E-state index contributed by atoms with van der Waals surface area (Å²) in [7, 11) is 0. The summed E-state index contributed by atoms with van der Waals surface area (Å²) in [4.78, 5) is 1.54. The first-order chi connectivity index (χ1) is 13.3. The van der Waals surface area contributed by atoms with E-state index >= 15 is 0 Å². The molecule has 142 valence electrons. The van der Waals surface area contributed by atoms with Gasteiger partial charge in [0.05, 0.1) is 32.5 Å². The summed E-state index contributed by atoms with van der Waals surface area (Å²) in [6, 6.07) is 17.4. The quantitative estimate of drug-likeness (QED) is 0.380. The topological polar surface area (TPSA) is 59.3 Å². The minimum absolute atomic E-state index is 0.524. The van der Waals surface area contributed by atoms with Crippen LogP contribution in [0.3, 0.4) is 0 Å². The highest BCUT2D eigenvalue weighted by atomic mass is 32.1. The average Bonchev–Trinajstić information content (AvgIpc) is 2.70. The number of hydrogen-bond donors (Lipinski definition) is 3. The molecule has 3 rings (SSSR count). The Morgan fingerprint density at radius 3 is 2.70 bits per heavy atom. The van der Waals surface area contributed by atoms with Crippen molar-refractivity contribution in [1.29, 1.82) is 0 Å². The second-order valence-electron chi connectivity index (χ2n) is 6.23. The van der Waals surface area contributed by atoms with Crippen LogP contribution in [0.15, 0.2) is 59.7 Å². The highest BCUT2D eigenvalue weighted by Gasteiger charge is 2.12. The number of morpholine rings is 1. The van der Waals surface area contributed by atoms with E-state index in [4.69, 9.17) is 21.7 Å². The van der Waals surface area contributed by atoms with Gasteiger partial charge in [-0.3, -0.25) is 5.43 Å². The Morgan fingerprint density at radius 1 is 1.11 bits per heavy atom. The van der Waals surface area contributed by atoms with Crippen molar-refractivity contribution in [2.75, 3.05) is 39.4 Å². The van der Waals surface area contributed by atoms with E-state index in [1.54, 1.807) is 6.21 Å². The van der Waals surface area contributed by atoms with Gasteiger partial charge < -0.3 is 19.7 Å². The van der Waals surface area contributed by atoms with Crippen molar-refractivity contribution in [3.05, 3.63) is 60.2 Å². The van der Waals surface area contributed by atoms with Crippen LogP contribution in [-0.2, 0) is 4.74 Å². The van der Waals surface area contributed by atoms with Crippen molar-refractivity contribution in [2.45, 2.75) is 0 Å². The van der Waals surface area contributed by atoms with E-state index < -0.39 is 0 Å². The molecule has 6 nitrogen and oxygen atoms in total. The molecule has 0 radical (unpaired) electrons. The first-order valence-corrected chi connectivity index (χ1v) is 9.51. The molecule has 1 aliphatic heterocycles. The molecule has 0 aliphatic carbocycles. The molecule has 0 spiro atoms. The van der Waals surface area contributed by atoms with E-state index in [9.17, 15) is 0 Å². The van der Waals surface area contributed by atoms with Crippen molar-refractivity contribution >= 4 is 23.5 Å². The van der Waals surface area contributed by atoms with Crippen LogP contribution in [0.4, 0.5) is 0 Å². The van der Waals surface area contributed by atoms with Crippen LogP contribution in [0.5, 0.6) is 11.5 Å². The van der Waals surface area contributed by atoms with Gasteiger partial charge in [-0.1, -0.05) is 30.3 Å². The molecule has 1 fully saturated rings. The van der Waals surface area contributed by atoms with Gasteiger partial charge in [0, 0.05) is 0 Å². The molecule has 3 N–H and O–H groups in total. The van der Waals surface area contributed by atoms with Crippen molar-refractivity contribution in [1.82, 2.24) is 10.7 Å². The largest absolute Gasteiger partial charge is 0.457 e. The summed E-state index contributed by atoms with van der Waals surface area (Å²) in [5.74, 6) is 1.57. The van der Waals surface area contributed by atoms with Crippen LogP contribution in [0, 0.1) is 0 Å². The third-order valence-electron chi connectivity index (χ3n) is 4.18. The molecular weight excluding hydrogens is 360 g/mol. The summed E-state index contributed by atoms with van der Waals surface area (Å²) in [5, 5.41) is 7.90. The van der Waals surface area contributed by atoms with Crippen molar-refractivity contribution in [2.24, 2.45) is 5.10 Å². The van der Waals surface area contributed by atoms with Gasteiger partial charge in [-0.25, -0.2) is 0 Å². The number of hydrogen-bond acceptors (Lipinski definition) is 4. The Hall–Kier alpha value is -2.48. The van der Waals surface area contributed by atoms with E-state index in [-0.39, 0.29) is 0 Å². The Balaban J connectivity index is 1.41. The number of nitrogens with one attached hydrogen (secondary N) is 3. The third kappa shape index (κ3) is 6.97. The average molecular weight is 386 g/mol. The van der Waals surface area contributed by atoms with Crippen LogP contribution in [0.25, 0.3) is 0 Å². The van der Waals surface area contributed by atoms with Crippen molar-refractivity contribution in [3.8, 4) is 11.5 Å². The highest BCUT2D eigenvalue weighted by molar-refractivity contribution is 7.80. The zero-order valence-corrected chi connectivity index (χ0v) is 16.0. The highest BCUT2D eigenvalue weighted by Crippen LogP contribution is 2.21. The van der Waals surface area contributed by atoms with E-state index in [2.05, 4.69) is 15.8 Å². The molecule has 1 heterocycles. The SMILES string of the molecule is S=C(NCC[NH+]1CCOCC1)N/N=C\c1cccc(Oc2ccccc2)c1. The van der Waals surface area contributed by atoms with Crippen molar-refractivity contribution < 1.29 is 14.4 Å². The second-order valence-corrected chi connectivity index (χ2v) is 6.63. The van der Waals surface area contributed by atoms with Crippen LogP contribution >= 0.6 is 12.2 Å². The number of rotatable bonds is 7. The van der Waals surface area contributed by atoms with Crippen molar-refractivity contribution in [3.63, 3.8) is 0 Å². The molecule has 0 atom stereocenters. The maximum atomic E-state index is 5.83. The summed E-state index contributed by atoms with van der Waals surface area (Å²) >= 11 is 5.25. The number of ether oxygens (including phenoxy) is 2. The lowest BCUT2D eigenvalue weighted by atomic mass is 10.2. The van der Waals surface area contributed by atoms with Gasteiger partial charge in [0.2, 0.25) is 0 Å². The molecule has 2 aromatic carbocycles. The zero-order valence-electron chi connectivity index (χ0n) is 15.2. The van der Waals surface area contributed by atoms with Crippen LogP contribution in [-0.4, -0.2) is 50.7 Å². The van der Waals surface area contributed by atoms with Gasteiger partial charge in [-0.15, -0.1) is 0 Å². The molecule has 0 unspecified atom stereocenters. The van der Waals surface area contributed by atoms with E-state index in [0.717, 1.165) is 56.5 Å². The first-order valence-electron chi connectivity index (χ1n) is 9.11. The summed E-state index contributed by atoms with van der Waals surface area (Å²) in [6.07, 6.45) is 1.72. The fraction of sp³-hybridized carbons (Fsp3) is 0.300. The molecule has 7 heteroatoms. The van der Waals surface area contributed by atoms with Crippen LogP contribution in [0.1, 0.15) is 5.56 Å². The molecule has 0 saturated carbocycles. The van der Waals surface area contributed by atoms with Gasteiger partial charge in [-0.2, -0.15) is 5.10 Å². The summed E-state index contributed by atoms with van der Waals surface area (Å²) in [5.41, 5.74) is 3.78. The first kappa shape index (κ1) is 19.3. The van der Waals surface area contributed by atoms with E-state index in [1.807, 2.05) is 54.6 Å². The molecule has 27 heavy (non-hydrogen) atoms. The zero-order chi connectivity index (χ0) is 18.7. The molecule has 1 saturated heterocycles. The molecular formula is C20H25N4O2S+. The van der Waals surface area contributed by atoms with E-state index in [0.29, 0.717) is 5.11 Å². The molecule has 1 aliphatic rings.